The number of hydrogen-bond acceptors (Lipinski definition) is 4. The molecule has 2 aliphatic heterocycles. The summed E-state index contributed by atoms with van der Waals surface area (Å²) in [5.74, 6) is 1.59. The lowest BCUT2D eigenvalue weighted by molar-refractivity contribution is -0.137. The van der Waals surface area contributed by atoms with Crippen LogP contribution in [0.2, 0.25) is 0 Å². The number of fused-ring (bicyclic) bond motifs is 1. The Labute approximate surface area is 153 Å². The maximum Gasteiger partial charge on any atom is 0.225 e. The van der Waals surface area contributed by atoms with Gasteiger partial charge >= 0.3 is 0 Å². The molecule has 2 saturated heterocycles. The molecule has 138 valence electrons. The number of para-hydroxylation sites is 1. The van der Waals surface area contributed by atoms with Crippen LogP contribution < -0.4 is 4.90 Å². The van der Waals surface area contributed by atoms with E-state index in [1.54, 1.807) is 6.07 Å². The molecule has 2 fully saturated rings. The quantitative estimate of drug-likeness (QED) is 0.829. The first kappa shape index (κ1) is 17.2. The van der Waals surface area contributed by atoms with Gasteiger partial charge < -0.3 is 9.80 Å². The van der Waals surface area contributed by atoms with Crippen molar-refractivity contribution < 1.29 is 9.18 Å². The van der Waals surface area contributed by atoms with Gasteiger partial charge in [0.2, 0.25) is 5.91 Å². The van der Waals surface area contributed by atoms with Crippen LogP contribution in [0.3, 0.4) is 0 Å². The van der Waals surface area contributed by atoms with E-state index in [9.17, 15) is 9.18 Å². The van der Waals surface area contributed by atoms with Crippen LogP contribution in [0, 0.1) is 17.7 Å². The molecule has 2 aliphatic rings. The van der Waals surface area contributed by atoms with E-state index in [-0.39, 0.29) is 11.7 Å². The zero-order valence-electron chi connectivity index (χ0n) is 15.2. The first-order valence-electron chi connectivity index (χ1n) is 9.56. The Morgan fingerprint density at radius 2 is 1.81 bits per heavy atom. The molecule has 4 rings (SSSR count). The maximum atomic E-state index is 14.0. The number of benzene rings is 1. The maximum absolute atomic E-state index is 14.0. The van der Waals surface area contributed by atoms with E-state index in [2.05, 4.69) is 26.7 Å². The normalized spacial score (nSPS) is 19.9. The smallest absolute Gasteiger partial charge is 0.225 e. The Balaban J connectivity index is 1.44. The van der Waals surface area contributed by atoms with E-state index < -0.39 is 0 Å². The van der Waals surface area contributed by atoms with Gasteiger partial charge in [-0.2, -0.15) is 0 Å². The number of hydrogen-bond donors (Lipinski definition) is 0. The molecule has 5 nitrogen and oxygen atoms in total. The lowest BCUT2D eigenvalue weighted by Gasteiger charge is -2.37. The van der Waals surface area contributed by atoms with Gasteiger partial charge in [-0.3, -0.25) is 4.79 Å². The van der Waals surface area contributed by atoms with Gasteiger partial charge in [-0.15, -0.1) is 0 Å². The molecule has 0 radical (unpaired) electrons. The van der Waals surface area contributed by atoms with Crippen molar-refractivity contribution in [1.29, 1.82) is 0 Å². The second kappa shape index (κ2) is 7.17. The van der Waals surface area contributed by atoms with Gasteiger partial charge in [0.25, 0.3) is 0 Å². The summed E-state index contributed by atoms with van der Waals surface area (Å²) in [4.78, 5) is 25.5. The van der Waals surface area contributed by atoms with Crippen molar-refractivity contribution in [2.24, 2.45) is 11.8 Å². The first-order chi connectivity index (χ1) is 12.6. The largest absolute Gasteiger partial charge is 0.356 e. The number of carbonyl (C=O) groups is 1. The lowest BCUT2D eigenvalue weighted by Crippen LogP contribution is -2.45. The topological polar surface area (TPSA) is 49.3 Å². The van der Waals surface area contributed by atoms with Crippen LogP contribution in [-0.2, 0) is 4.79 Å². The van der Waals surface area contributed by atoms with Gasteiger partial charge in [-0.05, 0) is 43.7 Å². The summed E-state index contributed by atoms with van der Waals surface area (Å²) in [7, 11) is 0. The Kier molecular flexibility index (Phi) is 4.74. The van der Waals surface area contributed by atoms with Crippen molar-refractivity contribution in [1.82, 2.24) is 14.9 Å². The van der Waals surface area contributed by atoms with E-state index in [0.29, 0.717) is 11.4 Å². The van der Waals surface area contributed by atoms with Crippen LogP contribution in [0.25, 0.3) is 10.9 Å². The molecule has 2 aromatic rings. The number of halogens is 1. The van der Waals surface area contributed by atoms with Crippen molar-refractivity contribution in [3.8, 4) is 0 Å². The summed E-state index contributed by atoms with van der Waals surface area (Å²) >= 11 is 0. The molecule has 0 spiro atoms. The molecule has 0 unspecified atom stereocenters. The van der Waals surface area contributed by atoms with E-state index >= 15 is 0 Å². The molecule has 1 aromatic heterocycles. The predicted octanol–water partition coefficient (Wildman–Crippen LogP) is 3.24. The Bertz CT molecular complexity index is 795. The molecule has 0 atom stereocenters. The Morgan fingerprint density at radius 1 is 1.08 bits per heavy atom. The number of anilines is 1. The fourth-order valence-corrected chi connectivity index (χ4v) is 4.12. The fourth-order valence-electron chi connectivity index (χ4n) is 4.12. The van der Waals surface area contributed by atoms with Crippen molar-refractivity contribution in [2.45, 2.75) is 32.6 Å². The highest BCUT2D eigenvalue weighted by atomic mass is 19.1. The number of nitrogens with zero attached hydrogens (tertiary/aromatic N) is 4. The highest BCUT2D eigenvalue weighted by molar-refractivity contribution is 5.89. The van der Waals surface area contributed by atoms with Crippen LogP contribution in [-0.4, -0.2) is 47.0 Å². The molecular formula is C20H25FN4O. The summed E-state index contributed by atoms with van der Waals surface area (Å²) in [6, 6.07) is 4.97. The molecule has 0 N–H and O–H groups in total. The summed E-state index contributed by atoms with van der Waals surface area (Å²) in [5.41, 5.74) is 0.359. The number of piperidine rings is 2. The molecule has 1 amide bonds. The van der Waals surface area contributed by atoms with Gasteiger partial charge in [-0.25, -0.2) is 14.4 Å². The highest BCUT2D eigenvalue weighted by Gasteiger charge is 2.31. The first-order valence-corrected chi connectivity index (χ1v) is 9.56. The number of amides is 1. The second-order valence-electron chi connectivity index (χ2n) is 7.60. The minimum atomic E-state index is -0.324. The standard InChI is InChI=1S/C20H25FN4O/c1-14-5-9-25(10-6-14)20(26)15-7-11-24(12-8-15)19-16-3-2-4-17(21)18(16)22-13-23-19/h2-4,13-15H,5-12H2,1H3. The molecule has 0 aliphatic carbocycles. The lowest BCUT2D eigenvalue weighted by atomic mass is 9.92. The summed E-state index contributed by atoms with van der Waals surface area (Å²) < 4.78 is 14.0. The average Bonchev–Trinajstić information content (AvgIpc) is 2.68. The Hall–Kier alpha value is -2.24. The molecule has 1 aromatic carbocycles. The molecule has 6 heteroatoms. The van der Waals surface area contributed by atoms with Gasteiger partial charge in [0.1, 0.15) is 23.5 Å². The summed E-state index contributed by atoms with van der Waals surface area (Å²) in [5, 5.41) is 0.738. The third kappa shape index (κ3) is 3.24. The van der Waals surface area contributed by atoms with Gasteiger partial charge in [0, 0.05) is 37.5 Å². The fraction of sp³-hybridized carbons (Fsp3) is 0.550. The molecular weight excluding hydrogens is 331 g/mol. The summed E-state index contributed by atoms with van der Waals surface area (Å²) in [6.45, 7) is 5.59. The minimum absolute atomic E-state index is 0.101. The monoisotopic (exact) mass is 356 g/mol. The van der Waals surface area contributed by atoms with E-state index in [1.807, 2.05) is 6.07 Å². The second-order valence-corrected chi connectivity index (χ2v) is 7.60. The molecule has 26 heavy (non-hydrogen) atoms. The zero-order valence-corrected chi connectivity index (χ0v) is 15.2. The van der Waals surface area contributed by atoms with E-state index in [0.717, 1.165) is 69.0 Å². The highest BCUT2D eigenvalue weighted by Crippen LogP contribution is 2.29. The van der Waals surface area contributed by atoms with Crippen LogP contribution >= 0.6 is 0 Å². The number of rotatable bonds is 2. The van der Waals surface area contributed by atoms with Crippen LogP contribution in [0.15, 0.2) is 24.5 Å². The molecule has 0 saturated carbocycles. The van der Waals surface area contributed by atoms with Crippen molar-refractivity contribution in [3.63, 3.8) is 0 Å². The van der Waals surface area contributed by atoms with Gasteiger partial charge in [0.15, 0.2) is 0 Å². The van der Waals surface area contributed by atoms with Gasteiger partial charge in [-0.1, -0.05) is 13.0 Å². The number of aromatic nitrogens is 2. The van der Waals surface area contributed by atoms with E-state index in [4.69, 9.17) is 0 Å². The zero-order chi connectivity index (χ0) is 18.1. The number of carbonyl (C=O) groups excluding carboxylic acids is 1. The summed E-state index contributed by atoms with van der Waals surface area (Å²) in [6.07, 6.45) is 5.30. The number of likely N-dealkylation sites (tertiary alicyclic amines) is 1. The van der Waals surface area contributed by atoms with Crippen LogP contribution in [0.1, 0.15) is 32.6 Å². The average molecular weight is 356 g/mol. The van der Waals surface area contributed by atoms with Crippen molar-refractivity contribution >= 4 is 22.6 Å². The molecule has 0 bridgehead atoms. The van der Waals surface area contributed by atoms with Crippen LogP contribution in [0.5, 0.6) is 0 Å². The third-order valence-electron chi connectivity index (χ3n) is 5.83. The van der Waals surface area contributed by atoms with Crippen LogP contribution in [0.4, 0.5) is 10.2 Å². The molecule has 3 heterocycles. The Morgan fingerprint density at radius 3 is 2.54 bits per heavy atom. The van der Waals surface area contributed by atoms with Crippen molar-refractivity contribution in [3.05, 3.63) is 30.3 Å². The van der Waals surface area contributed by atoms with E-state index in [1.165, 1.54) is 12.4 Å². The third-order valence-corrected chi connectivity index (χ3v) is 5.83. The minimum Gasteiger partial charge on any atom is -0.356 e. The van der Waals surface area contributed by atoms with Gasteiger partial charge in [0.05, 0.1) is 0 Å². The SMILES string of the molecule is CC1CCN(C(=O)C2CCN(c3ncnc4c(F)cccc34)CC2)CC1. The van der Waals surface area contributed by atoms with Crippen molar-refractivity contribution in [2.75, 3.05) is 31.1 Å². The predicted molar refractivity (Wildman–Crippen MR) is 99.4 cm³/mol.